The third-order valence-corrected chi connectivity index (χ3v) is 4.28. The summed E-state index contributed by atoms with van der Waals surface area (Å²) in [5, 5.41) is 4.93. The standard InChI is InChI=1S/C15H18N2O4S/c1-5-15(3,14(19)20-4)17-12(18)10-8-22-13(16-10)11-7-6-9(2)21-11/h6-8H,5H2,1-4H3,(H,17,18). The van der Waals surface area contributed by atoms with Crippen LogP contribution in [-0.2, 0) is 9.53 Å². The molecule has 2 rings (SSSR count). The average Bonchev–Trinajstić information content (AvgIpc) is 3.14. The van der Waals surface area contributed by atoms with Gasteiger partial charge >= 0.3 is 5.97 Å². The van der Waals surface area contributed by atoms with E-state index < -0.39 is 17.4 Å². The number of thiazole rings is 1. The number of hydrogen-bond acceptors (Lipinski definition) is 6. The maximum absolute atomic E-state index is 12.3. The van der Waals surface area contributed by atoms with Crippen LogP contribution >= 0.6 is 11.3 Å². The fourth-order valence-electron chi connectivity index (χ4n) is 1.86. The third kappa shape index (κ3) is 3.19. The van der Waals surface area contributed by atoms with E-state index in [9.17, 15) is 9.59 Å². The topological polar surface area (TPSA) is 81.4 Å². The summed E-state index contributed by atoms with van der Waals surface area (Å²) in [6, 6.07) is 3.64. The molecule has 22 heavy (non-hydrogen) atoms. The van der Waals surface area contributed by atoms with Gasteiger partial charge in [0.1, 0.15) is 17.0 Å². The zero-order chi connectivity index (χ0) is 16.3. The molecule has 0 aromatic carbocycles. The Morgan fingerprint density at radius 3 is 2.73 bits per heavy atom. The number of nitrogens with zero attached hydrogens (tertiary/aromatic N) is 1. The van der Waals surface area contributed by atoms with Crippen molar-refractivity contribution in [3.05, 3.63) is 29.0 Å². The number of esters is 1. The molecule has 0 saturated carbocycles. The molecule has 2 aromatic rings. The van der Waals surface area contributed by atoms with Crippen LogP contribution in [0.15, 0.2) is 21.9 Å². The number of carbonyl (C=O) groups is 2. The highest BCUT2D eigenvalue weighted by atomic mass is 32.1. The van der Waals surface area contributed by atoms with Gasteiger partial charge in [0, 0.05) is 5.38 Å². The first-order valence-electron chi connectivity index (χ1n) is 6.83. The minimum Gasteiger partial charge on any atom is -0.467 e. The predicted molar refractivity (Wildman–Crippen MR) is 82.7 cm³/mol. The van der Waals surface area contributed by atoms with E-state index in [-0.39, 0.29) is 5.69 Å². The van der Waals surface area contributed by atoms with Gasteiger partial charge in [-0.05, 0) is 32.4 Å². The van der Waals surface area contributed by atoms with Crippen LogP contribution in [0.2, 0.25) is 0 Å². The Morgan fingerprint density at radius 2 is 2.18 bits per heavy atom. The summed E-state index contributed by atoms with van der Waals surface area (Å²) in [6.45, 7) is 5.27. The second-order valence-electron chi connectivity index (χ2n) is 5.08. The molecule has 0 aliphatic heterocycles. The Balaban J connectivity index is 2.17. The van der Waals surface area contributed by atoms with E-state index in [0.717, 1.165) is 5.76 Å². The third-order valence-electron chi connectivity index (χ3n) is 3.42. The first-order valence-corrected chi connectivity index (χ1v) is 7.71. The highest BCUT2D eigenvalue weighted by molar-refractivity contribution is 7.13. The molecule has 1 atom stereocenters. The summed E-state index contributed by atoms with van der Waals surface area (Å²) >= 11 is 1.31. The van der Waals surface area contributed by atoms with E-state index in [1.54, 1.807) is 25.3 Å². The number of rotatable bonds is 5. The van der Waals surface area contributed by atoms with Gasteiger partial charge in [-0.25, -0.2) is 9.78 Å². The Bertz CT molecular complexity index is 691. The number of hydrogen-bond donors (Lipinski definition) is 1. The van der Waals surface area contributed by atoms with Crippen molar-refractivity contribution in [3.63, 3.8) is 0 Å². The number of amides is 1. The number of nitrogens with one attached hydrogen (secondary N) is 1. The van der Waals surface area contributed by atoms with Gasteiger partial charge in [-0.2, -0.15) is 0 Å². The maximum Gasteiger partial charge on any atom is 0.331 e. The van der Waals surface area contributed by atoms with Crippen molar-refractivity contribution in [2.45, 2.75) is 32.7 Å². The Kier molecular flexibility index (Phi) is 4.65. The van der Waals surface area contributed by atoms with Crippen molar-refractivity contribution in [2.24, 2.45) is 0 Å². The molecular weight excluding hydrogens is 304 g/mol. The lowest BCUT2D eigenvalue weighted by molar-refractivity contribution is -0.147. The fourth-order valence-corrected chi connectivity index (χ4v) is 2.62. The molecule has 1 unspecified atom stereocenters. The van der Waals surface area contributed by atoms with Crippen molar-refractivity contribution < 1.29 is 18.7 Å². The van der Waals surface area contributed by atoms with Crippen molar-refractivity contribution in [3.8, 4) is 10.8 Å². The van der Waals surface area contributed by atoms with E-state index in [4.69, 9.17) is 9.15 Å². The predicted octanol–water partition coefficient (Wildman–Crippen LogP) is 2.78. The van der Waals surface area contributed by atoms with E-state index in [0.29, 0.717) is 17.2 Å². The Morgan fingerprint density at radius 1 is 1.45 bits per heavy atom. The SMILES string of the molecule is CCC(C)(NC(=O)c1csc(-c2ccc(C)o2)n1)C(=O)OC. The molecule has 0 spiro atoms. The molecule has 0 aliphatic carbocycles. The van der Waals surface area contributed by atoms with E-state index >= 15 is 0 Å². The second-order valence-corrected chi connectivity index (χ2v) is 5.94. The number of aryl methyl sites for hydroxylation is 1. The highest BCUT2D eigenvalue weighted by Crippen LogP contribution is 2.25. The maximum atomic E-state index is 12.3. The van der Waals surface area contributed by atoms with Gasteiger partial charge in [0.2, 0.25) is 0 Å². The molecule has 2 aromatic heterocycles. The van der Waals surface area contributed by atoms with Crippen molar-refractivity contribution in [1.82, 2.24) is 10.3 Å². The van der Waals surface area contributed by atoms with Gasteiger partial charge in [0.25, 0.3) is 5.91 Å². The lowest BCUT2D eigenvalue weighted by Crippen LogP contribution is -2.52. The van der Waals surface area contributed by atoms with Gasteiger partial charge in [0.05, 0.1) is 7.11 Å². The number of aromatic nitrogens is 1. The van der Waals surface area contributed by atoms with Gasteiger partial charge < -0.3 is 14.5 Å². The fraction of sp³-hybridized carbons (Fsp3) is 0.400. The van der Waals surface area contributed by atoms with Crippen LogP contribution in [0.4, 0.5) is 0 Å². The van der Waals surface area contributed by atoms with Crippen LogP contribution in [0.5, 0.6) is 0 Å². The normalized spacial score (nSPS) is 13.5. The van der Waals surface area contributed by atoms with Gasteiger partial charge in [-0.1, -0.05) is 6.92 Å². The molecule has 7 heteroatoms. The number of carbonyl (C=O) groups excluding carboxylic acids is 2. The molecule has 1 N–H and O–H groups in total. The number of ether oxygens (including phenoxy) is 1. The molecule has 0 bridgehead atoms. The van der Waals surface area contributed by atoms with Crippen molar-refractivity contribution >= 4 is 23.2 Å². The molecule has 2 heterocycles. The first-order chi connectivity index (χ1) is 10.4. The van der Waals surface area contributed by atoms with Crippen LogP contribution in [0, 0.1) is 6.92 Å². The minimum absolute atomic E-state index is 0.248. The zero-order valence-corrected chi connectivity index (χ0v) is 13.7. The summed E-state index contributed by atoms with van der Waals surface area (Å²) in [7, 11) is 1.29. The van der Waals surface area contributed by atoms with Crippen LogP contribution in [0.3, 0.4) is 0 Å². The average molecular weight is 322 g/mol. The smallest absolute Gasteiger partial charge is 0.331 e. The van der Waals surface area contributed by atoms with Crippen molar-refractivity contribution in [2.75, 3.05) is 7.11 Å². The van der Waals surface area contributed by atoms with Crippen LogP contribution < -0.4 is 5.32 Å². The molecule has 0 radical (unpaired) electrons. The zero-order valence-electron chi connectivity index (χ0n) is 12.9. The second kappa shape index (κ2) is 6.31. The monoisotopic (exact) mass is 322 g/mol. The quantitative estimate of drug-likeness (QED) is 0.856. The Labute approximate surface area is 132 Å². The molecule has 1 amide bonds. The van der Waals surface area contributed by atoms with Gasteiger partial charge in [0.15, 0.2) is 10.8 Å². The van der Waals surface area contributed by atoms with E-state index in [2.05, 4.69) is 10.3 Å². The van der Waals surface area contributed by atoms with Crippen LogP contribution in [-0.4, -0.2) is 29.5 Å². The number of furan rings is 1. The molecule has 0 fully saturated rings. The summed E-state index contributed by atoms with van der Waals surface area (Å²) in [4.78, 5) is 28.3. The summed E-state index contributed by atoms with van der Waals surface area (Å²) in [5.74, 6) is 0.495. The molecule has 118 valence electrons. The van der Waals surface area contributed by atoms with E-state index in [1.165, 1.54) is 18.4 Å². The minimum atomic E-state index is -1.07. The lowest BCUT2D eigenvalue weighted by Gasteiger charge is -2.25. The van der Waals surface area contributed by atoms with E-state index in [1.807, 2.05) is 13.0 Å². The van der Waals surface area contributed by atoms with Gasteiger partial charge in [-0.3, -0.25) is 4.79 Å². The molecular formula is C15H18N2O4S. The van der Waals surface area contributed by atoms with Gasteiger partial charge in [-0.15, -0.1) is 11.3 Å². The molecule has 0 aliphatic rings. The summed E-state index contributed by atoms with van der Waals surface area (Å²) in [5.41, 5.74) is -0.825. The highest BCUT2D eigenvalue weighted by Gasteiger charge is 2.35. The largest absolute Gasteiger partial charge is 0.467 e. The summed E-state index contributed by atoms with van der Waals surface area (Å²) < 4.78 is 10.2. The molecule has 0 saturated heterocycles. The first kappa shape index (κ1) is 16.2. The van der Waals surface area contributed by atoms with Crippen molar-refractivity contribution in [1.29, 1.82) is 0 Å². The lowest BCUT2D eigenvalue weighted by atomic mass is 9.99. The summed E-state index contributed by atoms with van der Waals surface area (Å²) in [6.07, 6.45) is 0.416. The number of methoxy groups -OCH3 is 1. The Hall–Kier alpha value is -2.15. The van der Waals surface area contributed by atoms with Crippen LogP contribution in [0.25, 0.3) is 10.8 Å². The van der Waals surface area contributed by atoms with Crippen LogP contribution in [0.1, 0.15) is 36.5 Å². The molecule has 6 nitrogen and oxygen atoms in total.